The van der Waals surface area contributed by atoms with Crippen LogP contribution in [-0.2, 0) is 38.1 Å². The molecule has 1 aliphatic rings. The molecule has 1 unspecified atom stereocenters. The highest BCUT2D eigenvalue weighted by molar-refractivity contribution is 5.71. The lowest BCUT2D eigenvalue weighted by Gasteiger charge is -2.36. The van der Waals surface area contributed by atoms with Gasteiger partial charge in [0.25, 0.3) is 0 Å². The summed E-state index contributed by atoms with van der Waals surface area (Å²) in [6, 6.07) is 0.592. The van der Waals surface area contributed by atoms with E-state index in [0.717, 1.165) is 13.1 Å². The first kappa shape index (κ1) is 44.9. The molecule has 9 heteroatoms. The summed E-state index contributed by atoms with van der Waals surface area (Å²) in [5.41, 5.74) is 0. The van der Waals surface area contributed by atoms with E-state index in [1.165, 1.54) is 96.3 Å². The van der Waals surface area contributed by atoms with E-state index >= 15 is 0 Å². The Labute approximate surface area is 299 Å². The second-order valence-corrected chi connectivity index (χ2v) is 14.1. The van der Waals surface area contributed by atoms with Crippen LogP contribution in [-0.4, -0.2) is 72.8 Å². The summed E-state index contributed by atoms with van der Waals surface area (Å²) >= 11 is 0. The Morgan fingerprint density at radius 1 is 0.612 bits per heavy atom. The Kier molecular flexibility index (Phi) is 27.1. The number of esters is 4. The van der Waals surface area contributed by atoms with E-state index in [0.29, 0.717) is 38.1 Å². The molecule has 0 N–H and O–H groups in total. The van der Waals surface area contributed by atoms with Crippen molar-refractivity contribution in [1.29, 1.82) is 0 Å². The molecule has 286 valence electrons. The quantitative estimate of drug-likeness (QED) is 0.0412. The number of rotatable bonds is 30. The van der Waals surface area contributed by atoms with Gasteiger partial charge in [0.05, 0.1) is 6.61 Å². The summed E-state index contributed by atoms with van der Waals surface area (Å²) in [4.78, 5) is 52.7. The Hall–Kier alpha value is -2.16. The van der Waals surface area contributed by atoms with Crippen molar-refractivity contribution < 1.29 is 38.1 Å². The smallest absolute Gasteiger partial charge is 0.306 e. The van der Waals surface area contributed by atoms with Gasteiger partial charge in [0, 0.05) is 38.1 Å². The highest BCUT2D eigenvalue weighted by Crippen LogP contribution is 2.24. The summed E-state index contributed by atoms with van der Waals surface area (Å²) in [6.07, 6.45) is 20.7. The van der Waals surface area contributed by atoms with Crippen LogP contribution < -0.4 is 0 Å². The number of carbonyl (C=O) groups excluding carboxylic acids is 4. The number of nitrogens with zero attached hydrogens (tertiary/aromatic N) is 1. The lowest BCUT2D eigenvalue weighted by atomic mass is 9.96. The zero-order chi connectivity index (χ0) is 36.1. The van der Waals surface area contributed by atoms with Crippen molar-refractivity contribution in [2.24, 2.45) is 0 Å². The van der Waals surface area contributed by atoms with E-state index < -0.39 is 30.3 Å². The van der Waals surface area contributed by atoms with Crippen molar-refractivity contribution in [2.75, 3.05) is 19.7 Å². The summed E-state index contributed by atoms with van der Waals surface area (Å²) in [7, 11) is 0. The van der Waals surface area contributed by atoms with Crippen molar-refractivity contribution >= 4 is 23.9 Å². The van der Waals surface area contributed by atoms with Crippen LogP contribution in [0.4, 0.5) is 0 Å². The van der Waals surface area contributed by atoms with E-state index in [1.54, 1.807) is 6.92 Å². The molecule has 1 rings (SSSR count). The van der Waals surface area contributed by atoms with Gasteiger partial charge in [-0.3, -0.25) is 19.2 Å². The minimum Gasteiger partial charge on any atom is -0.466 e. The predicted octanol–water partition coefficient (Wildman–Crippen LogP) is 9.41. The van der Waals surface area contributed by atoms with Crippen LogP contribution in [0.5, 0.6) is 0 Å². The molecular weight excluding hydrogens is 622 g/mol. The molecule has 0 aliphatic carbocycles. The topological polar surface area (TPSA) is 108 Å². The van der Waals surface area contributed by atoms with Gasteiger partial charge in [0.1, 0.15) is 12.2 Å². The van der Waals surface area contributed by atoms with Crippen LogP contribution in [0, 0.1) is 0 Å². The third-order valence-electron chi connectivity index (χ3n) is 9.44. The highest BCUT2D eigenvalue weighted by atomic mass is 16.6. The van der Waals surface area contributed by atoms with Crippen molar-refractivity contribution in [2.45, 2.75) is 213 Å². The normalized spacial score (nSPS) is 16.8. The molecule has 1 aliphatic heterocycles. The summed E-state index contributed by atoms with van der Waals surface area (Å²) in [6.45, 7) is 11.5. The summed E-state index contributed by atoms with van der Waals surface area (Å²) in [5.74, 6) is -1.60. The maximum Gasteiger partial charge on any atom is 0.306 e. The van der Waals surface area contributed by atoms with Gasteiger partial charge in [-0.1, -0.05) is 105 Å². The predicted molar refractivity (Wildman–Crippen MR) is 195 cm³/mol. The molecule has 1 saturated heterocycles. The first-order valence-corrected chi connectivity index (χ1v) is 20.2. The lowest BCUT2D eigenvalue weighted by Crippen LogP contribution is -2.45. The second-order valence-electron chi connectivity index (χ2n) is 14.1. The molecule has 0 saturated carbocycles. The van der Waals surface area contributed by atoms with Gasteiger partial charge >= 0.3 is 23.9 Å². The van der Waals surface area contributed by atoms with Crippen LogP contribution in [0.1, 0.15) is 189 Å². The van der Waals surface area contributed by atoms with Crippen molar-refractivity contribution in [1.82, 2.24) is 4.90 Å². The zero-order valence-corrected chi connectivity index (χ0v) is 32.1. The Morgan fingerprint density at radius 3 is 1.78 bits per heavy atom. The minimum atomic E-state index is -1.01. The fraction of sp³-hybridized carbons (Fsp3) is 0.900. The van der Waals surface area contributed by atoms with Gasteiger partial charge in [0.15, 0.2) is 6.10 Å². The number of ether oxygens (including phenoxy) is 4. The second kappa shape index (κ2) is 29.6. The summed E-state index contributed by atoms with van der Waals surface area (Å²) < 4.78 is 22.6. The molecule has 9 nitrogen and oxygen atoms in total. The van der Waals surface area contributed by atoms with Crippen LogP contribution in [0.2, 0.25) is 0 Å². The van der Waals surface area contributed by atoms with E-state index in [-0.39, 0.29) is 44.2 Å². The molecule has 1 heterocycles. The largest absolute Gasteiger partial charge is 0.466 e. The van der Waals surface area contributed by atoms with Gasteiger partial charge in [-0.15, -0.1) is 0 Å². The number of hydrogen-bond donors (Lipinski definition) is 0. The molecule has 4 atom stereocenters. The van der Waals surface area contributed by atoms with Crippen LogP contribution in [0.25, 0.3) is 0 Å². The maximum absolute atomic E-state index is 13.0. The number of likely N-dealkylation sites (tertiary alicyclic amines) is 1. The number of hydrogen-bond acceptors (Lipinski definition) is 9. The molecule has 0 radical (unpaired) electrons. The van der Waals surface area contributed by atoms with Crippen molar-refractivity contribution in [3.8, 4) is 0 Å². The molecule has 1 fully saturated rings. The fourth-order valence-corrected chi connectivity index (χ4v) is 6.66. The van der Waals surface area contributed by atoms with E-state index in [1.807, 2.05) is 20.8 Å². The molecule has 49 heavy (non-hydrogen) atoms. The number of unbranched alkanes of at least 4 members (excludes halogenated alkanes) is 10. The molecular formula is C40H73NO8. The fourth-order valence-electron chi connectivity index (χ4n) is 6.66. The average molecular weight is 696 g/mol. The Balaban J connectivity index is 2.62. The van der Waals surface area contributed by atoms with Gasteiger partial charge in [-0.25, -0.2) is 0 Å². The standard InChI is InChI=1S/C40H73NO8/c1-6-10-11-12-13-14-15-16-17-18-19-26-34-27-20-21-30-41(34)31-22-28-39(45)47-33(5)40(49-38(44)25-9-4)35(48-37(43)24-8-3)29-32-46-36(42)23-7-2/h33-35,40H,6-32H2,1-5H3/t33-,34?,35+,40+/m0/s1. The zero-order valence-electron chi connectivity index (χ0n) is 32.1. The SMILES string of the molecule is CCCCCCCCCCCCCC1CCCCN1CCCC(=O)O[C@@H](C)[C@@H](OC(=O)CCC)[C@@H](CCOC(=O)CCC)OC(=O)CCC. The molecule has 0 amide bonds. The van der Waals surface area contributed by atoms with Crippen LogP contribution in [0.15, 0.2) is 0 Å². The average Bonchev–Trinajstić information content (AvgIpc) is 3.06. The molecule has 0 aromatic rings. The molecule has 0 spiro atoms. The highest BCUT2D eigenvalue weighted by Gasteiger charge is 2.36. The first-order chi connectivity index (χ1) is 23.7. The minimum absolute atomic E-state index is 0.00158. The Bertz CT molecular complexity index is 880. The van der Waals surface area contributed by atoms with Gasteiger partial charge < -0.3 is 23.8 Å². The third-order valence-corrected chi connectivity index (χ3v) is 9.44. The monoisotopic (exact) mass is 696 g/mol. The van der Waals surface area contributed by atoms with Gasteiger partial charge in [-0.2, -0.15) is 0 Å². The van der Waals surface area contributed by atoms with Crippen LogP contribution in [0.3, 0.4) is 0 Å². The molecule has 0 aromatic carbocycles. The van der Waals surface area contributed by atoms with Gasteiger partial charge in [-0.05, 0) is 65.0 Å². The molecule has 0 aromatic heterocycles. The van der Waals surface area contributed by atoms with E-state index in [9.17, 15) is 19.2 Å². The Morgan fingerprint density at radius 2 is 1.16 bits per heavy atom. The number of carbonyl (C=O) groups is 4. The first-order valence-electron chi connectivity index (χ1n) is 20.2. The van der Waals surface area contributed by atoms with E-state index in [4.69, 9.17) is 18.9 Å². The van der Waals surface area contributed by atoms with Crippen molar-refractivity contribution in [3.63, 3.8) is 0 Å². The molecule has 0 bridgehead atoms. The third kappa shape index (κ3) is 22.3. The van der Waals surface area contributed by atoms with Gasteiger partial charge in [0.2, 0.25) is 0 Å². The summed E-state index contributed by atoms with van der Waals surface area (Å²) in [5, 5.41) is 0. The lowest BCUT2D eigenvalue weighted by molar-refractivity contribution is -0.186. The maximum atomic E-state index is 13.0. The van der Waals surface area contributed by atoms with E-state index in [2.05, 4.69) is 11.8 Å². The number of piperidine rings is 1. The van der Waals surface area contributed by atoms with Crippen molar-refractivity contribution in [3.05, 3.63) is 0 Å². The van der Waals surface area contributed by atoms with Crippen LogP contribution >= 0.6 is 0 Å².